The van der Waals surface area contributed by atoms with Crippen molar-refractivity contribution in [1.29, 1.82) is 0 Å². The van der Waals surface area contributed by atoms with E-state index in [0.29, 0.717) is 5.04 Å². The van der Waals surface area contributed by atoms with Crippen molar-refractivity contribution < 1.29 is 4.74 Å². The minimum atomic E-state index is -1.72. The highest BCUT2D eigenvalue weighted by Crippen LogP contribution is 2.38. The topological polar surface area (TPSA) is 9.23 Å². The molecule has 0 spiro atoms. The summed E-state index contributed by atoms with van der Waals surface area (Å²) in [6.07, 6.45) is 7.92. The first-order valence-electron chi connectivity index (χ1n) is 8.98. The molecule has 1 aliphatic rings. The van der Waals surface area contributed by atoms with Crippen LogP contribution in [0, 0.1) is 6.92 Å². The number of hydrogen-bond donors (Lipinski definition) is 0. The molecule has 1 aliphatic carbocycles. The minimum absolute atomic E-state index is 0.297. The highest BCUT2D eigenvalue weighted by Gasteiger charge is 2.41. The third-order valence-electron chi connectivity index (χ3n) is 6.23. The van der Waals surface area contributed by atoms with Crippen molar-refractivity contribution in [2.75, 3.05) is 7.11 Å². The zero-order valence-corrected chi connectivity index (χ0v) is 19.0. The molecule has 1 nitrogen and oxygen atoms in total. The van der Waals surface area contributed by atoms with E-state index in [0.717, 1.165) is 6.42 Å². The lowest BCUT2D eigenvalue weighted by Crippen LogP contribution is -2.54. The Labute approximate surface area is 150 Å². The second-order valence-electron chi connectivity index (χ2n) is 9.22. The van der Waals surface area contributed by atoms with E-state index in [1.165, 1.54) is 21.7 Å². The SMILES string of the molecule is COc1c([Si](C)(C)C2=CC=CC2)cc(C)cc1[Si](C)(C)C(C)(C)C. The molecule has 2 rings (SSSR count). The van der Waals surface area contributed by atoms with Crippen LogP contribution in [-0.2, 0) is 0 Å². The Balaban J connectivity index is 2.71. The van der Waals surface area contributed by atoms with Crippen molar-refractivity contribution in [3.8, 4) is 5.75 Å². The Hall–Kier alpha value is -1.07. The molecule has 0 aromatic heterocycles. The maximum Gasteiger partial charge on any atom is 0.117 e. The quantitative estimate of drug-likeness (QED) is 0.684. The first-order chi connectivity index (χ1) is 10.9. The lowest BCUT2D eigenvalue weighted by Gasteiger charge is -2.40. The predicted molar refractivity (Wildman–Crippen MR) is 114 cm³/mol. The third kappa shape index (κ3) is 3.21. The summed E-state index contributed by atoms with van der Waals surface area (Å²) in [7, 11) is -1.52. The van der Waals surface area contributed by atoms with Crippen LogP contribution in [-0.4, -0.2) is 23.3 Å². The molecule has 0 unspecified atom stereocenters. The van der Waals surface area contributed by atoms with Crippen LogP contribution in [0.3, 0.4) is 0 Å². The summed E-state index contributed by atoms with van der Waals surface area (Å²) >= 11 is 0. The minimum Gasteiger partial charge on any atom is -0.497 e. The van der Waals surface area contributed by atoms with Gasteiger partial charge in [0.15, 0.2) is 0 Å². The van der Waals surface area contributed by atoms with Crippen LogP contribution in [0.5, 0.6) is 5.75 Å². The number of aryl methyl sites for hydroxylation is 1. The Bertz CT molecular complexity index is 689. The third-order valence-corrected chi connectivity index (χ3v) is 15.4. The molecule has 0 bridgehead atoms. The van der Waals surface area contributed by atoms with Gasteiger partial charge in [-0.25, -0.2) is 0 Å². The molecule has 0 saturated heterocycles. The lowest BCUT2D eigenvalue weighted by molar-refractivity contribution is 0.420. The Kier molecular flexibility index (Phi) is 5.09. The zero-order valence-electron chi connectivity index (χ0n) is 17.0. The first-order valence-corrected chi connectivity index (χ1v) is 15.0. The summed E-state index contributed by atoms with van der Waals surface area (Å²) in [6, 6.07) is 4.78. The molecule has 0 aliphatic heterocycles. The van der Waals surface area contributed by atoms with Gasteiger partial charge < -0.3 is 4.74 Å². The summed E-state index contributed by atoms with van der Waals surface area (Å²) < 4.78 is 6.08. The van der Waals surface area contributed by atoms with Crippen molar-refractivity contribution in [1.82, 2.24) is 0 Å². The highest BCUT2D eigenvalue weighted by molar-refractivity contribution is 6.98. The fourth-order valence-corrected chi connectivity index (χ4v) is 8.62. The van der Waals surface area contributed by atoms with Gasteiger partial charge in [0.05, 0.1) is 15.2 Å². The average Bonchev–Trinajstić information content (AvgIpc) is 3.00. The number of ether oxygens (including phenoxy) is 1. The molecule has 0 heterocycles. The Morgan fingerprint density at radius 3 is 2.04 bits per heavy atom. The first kappa shape index (κ1) is 19.3. The number of hydrogen-bond acceptors (Lipinski definition) is 1. The van der Waals surface area contributed by atoms with Gasteiger partial charge >= 0.3 is 0 Å². The summed E-state index contributed by atoms with van der Waals surface area (Å²) in [5.74, 6) is 1.18. The highest BCUT2D eigenvalue weighted by atomic mass is 28.3. The van der Waals surface area contributed by atoms with Crippen LogP contribution in [0.15, 0.2) is 35.6 Å². The molecule has 24 heavy (non-hydrogen) atoms. The van der Waals surface area contributed by atoms with E-state index in [1.807, 2.05) is 7.11 Å². The van der Waals surface area contributed by atoms with Crippen molar-refractivity contribution in [3.05, 3.63) is 41.1 Å². The summed E-state index contributed by atoms with van der Waals surface area (Å²) in [6.45, 7) is 19.3. The normalized spacial score (nSPS) is 15.6. The van der Waals surface area contributed by atoms with Gasteiger partial charge in [0.25, 0.3) is 0 Å². The Morgan fingerprint density at radius 2 is 1.58 bits per heavy atom. The number of allylic oxidation sites excluding steroid dienone is 4. The van der Waals surface area contributed by atoms with Crippen LogP contribution < -0.4 is 15.1 Å². The fraction of sp³-hybridized carbons (Fsp3) is 0.524. The molecule has 0 atom stereocenters. The maximum absolute atomic E-state index is 6.08. The van der Waals surface area contributed by atoms with E-state index in [4.69, 9.17) is 4.74 Å². The standard InChI is InChI=1S/C21H34OSi2/c1-16-14-18(23(6,7)17-12-10-11-13-17)20(22-5)19(15-16)24(8,9)21(2,3)4/h10-12,14-15H,13H2,1-9H3. The summed E-state index contributed by atoms with van der Waals surface area (Å²) in [5, 5.41) is 4.86. The van der Waals surface area contributed by atoms with Crippen LogP contribution in [0.4, 0.5) is 0 Å². The molecule has 132 valence electrons. The monoisotopic (exact) mass is 358 g/mol. The average molecular weight is 359 g/mol. The van der Waals surface area contributed by atoms with Gasteiger partial charge in [0.2, 0.25) is 0 Å². The van der Waals surface area contributed by atoms with Gasteiger partial charge in [-0.2, -0.15) is 0 Å². The predicted octanol–water partition coefficient (Wildman–Crippen LogP) is 5.06. The second-order valence-corrected chi connectivity index (χ2v) is 18.9. The van der Waals surface area contributed by atoms with Gasteiger partial charge in [0.1, 0.15) is 13.8 Å². The van der Waals surface area contributed by atoms with E-state index < -0.39 is 16.1 Å². The molecule has 0 N–H and O–H groups in total. The van der Waals surface area contributed by atoms with Crippen LogP contribution >= 0.6 is 0 Å². The molecule has 3 heteroatoms. The van der Waals surface area contributed by atoms with Crippen LogP contribution in [0.2, 0.25) is 31.2 Å². The number of benzene rings is 1. The zero-order chi connectivity index (χ0) is 18.3. The van der Waals surface area contributed by atoms with E-state index >= 15 is 0 Å². The summed E-state index contributed by atoms with van der Waals surface area (Å²) in [5.41, 5.74) is 1.37. The molecule has 0 amide bonds. The summed E-state index contributed by atoms with van der Waals surface area (Å²) in [4.78, 5) is 0. The van der Waals surface area contributed by atoms with Crippen LogP contribution in [0.1, 0.15) is 32.8 Å². The Morgan fingerprint density at radius 1 is 1.00 bits per heavy atom. The van der Waals surface area contributed by atoms with Crippen molar-refractivity contribution in [2.45, 2.75) is 65.3 Å². The maximum atomic E-state index is 6.08. The largest absolute Gasteiger partial charge is 0.497 e. The molecule has 0 fully saturated rings. The van der Waals surface area contributed by atoms with E-state index in [1.54, 1.807) is 5.20 Å². The molecule has 1 aromatic carbocycles. The fourth-order valence-electron chi connectivity index (χ4n) is 3.41. The molecule has 0 saturated carbocycles. The van der Waals surface area contributed by atoms with Crippen LogP contribution in [0.25, 0.3) is 0 Å². The number of methoxy groups -OCH3 is 1. The molecule has 1 aromatic rings. The van der Waals surface area contributed by atoms with Gasteiger partial charge in [-0.1, -0.05) is 88.1 Å². The molecule has 0 radical (unpaired) electrons. The lowest BCUT2D eigenvalue weighted by atomic mass is 10.2. The van der Waals surface area contributed by atoms with Gasteiger partial charge in [-0.15, -0.1) is 0 Å². The smallest absolute Gasteiger partial charge is 0.117 e. The second kappa shape index (κ2) is 6.34. The van der Waals surface area contributed by atoms with Crippen molar-refractivity contribution in [2.24, 2.45) is 0 Å². The van der Waals surface area contributed by atoms with Gasteiger partial charge in [-0.3, -0.25) is 0 Å². The number of rotatable bonds is 4. The van der Waals surface area contributed by atoms with Gasteiger partial charge in [-0.05, 0) is 28.8 Å². The van der Waals surface area contributed by atoms with E-state index in [-0.39, 0.29) is 0 Å². The van der Waals surface area contributed by atoms with Crippen molar-refractivity contribution in [3.63, 3.8) is 0 Å². The van der Waals surface area contributed by atoms with E-state index in [9.17, 15) is 0 Å². The van der Waals surface area contributed by atoms with Crippen molar-refractivity contribution >= 4 is 26.5 Å². The molecular formula is C21H34OSi2. The van der Waals surface area contributed by atoms with E-state index in [2.05, 4.69) is 84.2 Å². The molecular weight excluding hydrogens is 324 g/mol. The van der Waals surface area contributed by atoms with Gasteiger partial charge in [0, 0.05) is 0 Å².